The highest BCUT2D eigenvalue weighted by molar-refractivity contribution is 7.48. The number of phosphoric ester groups is 1. The molecule has 0 saturated carbocycles. The van der Waals surface area contributed by atoms with Crippen molar-refractivity contribution in [2.75, 3.05) is 13.2 Å². The van der Waals surface area contributed by atoms with E-state index in [4.69, 9.17) is 13.6 Å². The highest BCUT2D eigenvalue weighted by atomic mass is 31.2. The minimum Gasteiger partial charge on any atom is -0.404 e. The topological polar surface area (TPSA) is 44.8 Å². The maximum atomic E-state index is 13.4. The molecule has 0 aromatic heterocycles. The maximum absolute atomic E-state index is 13.4. The fourth-order valence-electron chi connectivity index (χ4n) is 3.01. The molecule has 0 spiro atoms. The molecule has 5 heteroatoms. The van der Waals surface area contributed by atoms with Gasteiger partial charge in [0.25, 0.3) is 0 Å². The molecule has 0 aliphatic carbocycles. The average Bonchev–Trinajstić information content (AvgIpc) is 2.70. The van der Waals surface area contributed by atoms with Crippen LogP contribution >= 0.6 is 7.82 Å². The Balaban J connectivity index is 2.79. The summed E-state index contributed by atoms with van der Waals surface area (Å²) in [6.07, 6.45) is 8.76. The lowest BCUT2D eigenvalue weighted by Gasteiger charge is -2.23. The molecule has 0 amide bonds. The molecule has 0 aliphatic heterocycles. The van der Waals surface area contributed by atoms with E-state index < -0.39 is 7.82 Å². The van der Waals surface area contributed by atoms with Gasteiger partial charge in [-0.05, 0) is 43.7 Å². The zero-order valence-corrected chi connectivity index (χ0v) is 19.5. The third-order valence-electron chi connectivity index (χ3n) is 5.26. The van der Waals surface area contributed by atoms with Crippen molar-refractivity contribution in [2.45, 2.75) is 86.0 Å². The van der Waals surface area contributed by atoms with Crippen LogP contribution in [0.3, 0.4) is 0 Å². The fraction of sp³-hybridized carbons (Fsp3) is 0.739. The number of aryl methyl sites for hydroxylation is 1. The van der Waals surface area contributed by atoms with E-state index in [1.807, 2.05) is 31.2 Å². The minimum absolute atomic E-state index is 0.376. The van der Waals surface area contributed by atoms with E-state index in [1.54, 1.807) is 0 Å². The van der Waals surface area contributed by atoms with E-state index in [0.717, 1.165) is 56.9 Å². The Kier molecular flexibility index (Phi) is 12.8. The Morgan fingerprint density at radius 3 is 1.68 bits per heavy atom. The van der Waals surface area contributed by atoms with Crippen LogP contribution in [0.2, 0.25) is 0 Å². The first-order chi connectivity index (χ1) is 13.5. The van der Waals surface area contributed by atoms with Crippen molar-refractivity contribution in [3.8, 4) is 5.75 Å². The maximum Gasteiger partial charge on any atom is 0.530 e. The van der Waals surface area contributed by atoms with E-state index in [9.17, 15) is 4.57 Å². The number of unbranched alkanes of at least 4 members (excludes halogenated alkanes) is 2. The summed E-state index contributed by atoms with van der Waals surface area (Å²) in [6.45, 7) is 11.5. The number of benzene rings is 1. The largest absolute Gasteiger partial charge is 0.530 e. The van der Waals surface area contributed by atoms with Crippen molar-refractivity contribution in [1.82, 2.24) is 0 Å². The molecule has 162 valence electrons. The molecule has 0 bridgehead atoms. The standard InChI is InChI=1S/C23H41O4P/c1-6-10-12-21(8-3)18-25-28(24,26-19-22(9-4)13-11-7-2)27-23-16-14-20(5)15-17-23/h14-17,21-22H,6-13,18-19H2,1-5H3. The van der Waals surface area contributed by atoms with E-state index in [2.05, 4.69) is 27.7 Å². The van der Waals surface area contributed by atoms with Crippen molar-refractivity contribution in [3.63, 3.8) is 0 Å². The van der Waals surface area contributed by atoms with Gasteiger partial charge in [-0.1, -0.05) is 83.9 Å². The molecular weight excluding hydrogens is 371 g/mol. The fourth-order valence-corrected chi connectivity index (χ4v) is 4.35. The van der Waals surface area contributed by atoms with Gasteiger partial charge in [-0.3, -0.25) is 9.05 Å². The van der Waals surface area contributed by atoms with E-state index in [0.29, 0.717) is 30.8 Å². The van der Waals surface area contributed by atoms with Crippen LogP contribution in [0.15, 0.2) is 24.3 Å². The number of rotatable bonds is 16. The Hall–Kier alpha value is -0.830. The molecule has 2 unspecified atom stereocenters. The first kappa shape index (κ1) is 25.2. The van der Waals surface area contributed by atoms with Gasteiger partial charge < -0.3 is 4.52 Å². The predicted molar refractivity (Wildman–Crippen MR) is 118 cm³/mol. The van der Waals surface area contributed by atoms with Gasteiger partial charge in [0.2, 0.25) is 0 Å². The lowest BCUT2D eigenvalue weighted by Crippen LogP contribution is -2.14. The summed E-state index contributed by atoms with van der Waals surface area (Å²) in [5.74, 6) is 1.28. The highest BCUT2D eigenvalue weighted by Crippen LogP contribution is 2.50. The van der Waals surface area contributed by atoms with Gasteiger partial charge in [-0.15, -0.1) is 0 Å². The summed E-state index contributed by atoms with van der Waals surface area (Å²) < 4.78 is 30.8. The van der Waals surface area contributed by atoms with Gasteiger partial charge in [0.1, 0.15) is 5.75 Å². The summed E-state index contributed by atoms with van der Waals surface area (Å²) in [6, 6.07) is 7.51. The molecule has 1 rings (SSSR count). The Bertz CT molecular complexity index is 534. The minimum atomic E-state index is -3.65. The molecule has 0 saturated heterocycles. The molecule has 2 atom stereocenters. The Labute approximate surface area is 173 Å². The highest BCUT2D eigenvalue weighted by Gasteiger charge is 2.31. The SMILES string of the molecule is CCCCC(CC)COP(=O)(OCC(CC)CCCC)Oc1ccc(C)cc1. The van der Waals surface area contributed by atoms with Crippen LogP contribution in [0.5, 0.6) is 5.75 Å². The predicted octanol–water partition coefficient (Wildman–Crippen LogP) is 7.95. The normalized spacial score (nSPS) is 15.8. The number of hydrogen-bond acceptors (Lipinski definition) is 4. The monoisotopic (exact) mass is 412 g/mol. The molecule has 4 nitrogen and oxygen atoms in total. The summed E-state index contributed by atoms with van der Waals surface area (Å²) in [7, 11) is -3.65. The molecule has 1 aromatic carbocycles. The van der Waals surface area contributed by atoms with Crippen LogP contribution in [-0.4, -0.2) is 13.2 Å². The van der Waals surface area contributed by atoms with Crippen LogP contribution in [0.4, 0.5) is 0 Å². The van der Waals surface area contributed by atoms with Crippen molar-refractivity contribution in [2.24, 2.45) is 11.8 Å². The zero-order valence-electron chi connectivity index (χ0n) is 18.6. The van der Waals surface area contributed by atoms with Gasteiger partial charge in [0.05, 0.1) is 13.2 Å². The summed E-state index contributed by atoms with van der Waals surface area (Å²) in [5, 5.41) is 0. The van der Waals surface area contributed by atoms with Gasteiger partial charge in [-0.2, -0.15) is 0 Å². The second-order valence-electron chi connectivity index (χ2n) is 7.78. The van der Waals surface area contributed by atoms with Crippen LogP contribution < -0.4 is 4.52 Å². The molecule has 28 heavy (non-hydrogen) atoms. The summed E-state index contributed by atoms with van der Waals surface area (Å²) in [4.78, 5) is 0. The molecular formula is C23H41O4P. The zero-order chi connectivity index (χ0) is 20.8. The van der Waals surface area contributed by atoms with Crippen LogP contribution in [0.25, 0.3) is 0 Å². The van der Waals surface area contributed by atoms with Crippen LogP contribution in [-0.2, 0) is 13.6 Å². The average molecular weight is 413 g/mol. The summed E-state index contributed by atoms with van der Waals surface area (Å²) >= 11 is 0. The quantitative estimate of drug-likeness (QED) is 0.258. The van der Waals surface area contributed by atoms with E-state index in [1.165, 1.54) is 0 Å². The third-order valence-corrected chi connectivity index (χ3v) is 6.63. The molecule has 0 aliphatic rings. The van der Waals surface area contributed by atoms with E-state index >= 15 is 0 Å². The van der Waals surface area contributed by atoms with Gasteiger partial charge in [-0.25, -0.2) is 4.57 Å². The second kappa shape index (κ2) is 14.2. The Morgan fingerprint density at radius 1 is 0.821 bits per heavy atom. The van der Waals surface area contributed by atoms with Crippen LogP contribution in [0.1, 0.15) is 84.6 Å². The Morgan fingerprint density at radius 2 is 1.29 bits per heavy atom. The first-order valence-corrected chi connectivity index (χ1v) is 12.6. The molecule has 1 aromatic rings. The first-order valence-electron chi connectivity index (χ1n) is 11.1. The molecule has 0 N–H and O–H groups in total. The number of phosphoric acid groups is 1. The van der Waals surface area contributed by atoms with E-state index in [-0.39, 0.29) is 0 Å². The molecule has 0 fully saturated rings. The van der Waals surface area contributed by atoms with Crippen molar-refractivity contribution < 1.29 is 18.1 Å². The van der Waals surface area contributed by atoms with Crippen molar-refractivity contribution in [3.05, 3.63) is 29.8 Å². The van der Waals surface area contributed by atoms with Crippen molar-refractivity contribution in [1.29, 1.82) is 0 Å². The van der Waals surface area contributed by atoms with Gasteiger partial charge in [0, 0.05) is 0 Å². The van der Waals surface area contributed by atoms with Crippen LogP contribution in [0, 0.1) is 18.8 Å². The second-order valence-corrected chi connectivity index (χ2v) is 9.37. The lowest BCUT2D eigenvalue weighted by atomic mass is 10.0. The van der Waals surface area contributed by atoms with Crippen molar-refractivity contribution >= 4 is 7.82 Å². The third kappa shape index (κ3) is 10.1. The smallest absolute Gasteiger partial charge is 0.404 e. The summed E-state index contributed by atoms with van der Waals surface area (Å²) in [5.41, 5.74) is 1.13. The number of hydrogen-bond donors (Lipinski definition) is 0. The molecule has 0 radical (unpaired) electrons. The molecule has 0 heterocycles. The van der Waals surface area contributed by atoms with Gasteiger partial charge in [0.15, 0.2) is 0 Å². The van der Waals surface area contributed by atoms with Gasteiger partial charge >= 0.3 is 7.82 Å². The lowest BCUT2D eigenvalue weighted by molar-refractivity contribution is 0.115.